The maximum absolute atomic E-state index is 5.69. The van der Waals surface area contributed by atoms with Gasteiger partial charge in [-0.15, -0.1) is 0 Å². The quantitative estimate of drug-likeness (QED) is 0.309. The number of ether oxygens (including phenoxy) is 1. The lowest BCUT2D eigenvalue weighted by molar-refractivity contribution is 0.416. The Morgan fingerprint density at radius 1 is 0.727 bits per heavy atom. The van der Waals surface area contributed by atoms with Crippen molar-refractivity contribution in [3.8, 4) is 39.5 Å². The molecule has 2 aromatic heterocycles. The van der Waals surface area contributed by atoms with E-state index in [-0.39, 0.29) is 0 Å². The Kier molecular flexibility index (Phi) is 5.60. The molecule has 0 fully saturated rings. The van der Waals surface area contributed by atoms with Gasteiger partial charge in [-0.1, -0.05) is 78.0 Å². The highest BCUT2D eigenvalue weighted by Gasteiger charge is 2.16. The third-order valence-corrected chi connectivity index (χ3v) is 5.50. The van der Waals surface area contributed by atoms with Crippen LogP contribution in [0.25, 0.3) is 33.7 Å². The molecule has 2 heterocycles. The van der Waals surface area contributed by atoms with Crippen molar-refractivity contribution < 1.29 is 9.26 Å². The molecule has 0 unspecified atom stereocenters. The summed E-state index contributed by atoms with van der Waals surface area (Å²) in [6.45, 7) is 1.91. The number of aromatic nitrogens is 2. The molecule has 0 aliphatic rings. The number of nitrogens with zero attached hydrogens (tertiary/aromatic N) is 2. The summed E-state index contributed by atoms with van der Waals surface area (Å²) in [5, 5.41) is 7.60. The number of aryl methyl sites for hydroxylation is 1. The van der Waals surface area contributed by atoms with Gasteiger partial charge in [-0.3, -0.25) is 0 Å². The van der Waals surface area contributed by atoms with Gasteiger partial charge in [0.25, 0.3) is 0 Å². The molecule has 0 saturated carbocycles. The zero-order chi connectivity index (χ0) is 22.6. The van der Waals surface area contributed by atoms with Gasteiger partial charge in [0.05, 0.1) is 12.8 Å². The summed E-state index contributed by atoms with van der Waals surface area (Å²) in [6, 6.07) is 32.3. The van der Waals surface area contributed by atoms with Gasteiger partial charge in [-0.05, 0) is 42.3 Å². The minimum Gasteiger partial charge on any atom is -0.496 e. The molecule has 0 saturated heterocycles. The summed E-state index contributed by atoms with van der Waals surface area (Å²) >= 11 is 0. The molecule has 0 atom stereocenters. The highest BCUT2D eigenvalue weighted by Crippen LogP contribution is 2.35. The normalized spacial score (nSPS) is 10.7. The smallest absolute Gasteiger partial charge is 0.190 e. The summed E-state index contributed by atoms with van der Waals surface area (Å²) < 4.78 is 11.2. The van der Waals surface area contributed by atoms with E-state index < -0.39 is 0 Å². The molecular weight excluding hydrogens is 410 g/mol. The Morgan fingerprint density at radius 3 is 2.21 bits per heavy atom. The first kappa shape index (κ1) is 20.5. The molecule has 3 aromatic carbocycles. The van der Waals surface area contributed by atoms with E-state index in [0.29, 0.717) is 11.6 Å². The molecule has 1 N–H and O–H groups in total. The predicted molar refractivity (Wildman–Crippen MR) is 132 cm³/mol. The van der Waals surface area contributed by atoms with Gasteiger partial charge < -0.3 is 14.6 Å². The number of hydrogen-bond donors (Lipinski definition) is 1. The molecule has 0 bridgehead atoms. The van der Waals surface area contributed by atoms with Crippen molar-refractivity contribution in [2.24, 2.45) is 0 Å². The van der Waals surface area contributed by atoms with Crippen LogP contribution in [-0.2, 0) is 0 Å². The van der Waals surface area contributed by atoms with Crippen molar-refractivity contribution in [3.63, 3.8) is 0 Å². The predicted octanol–water partition coefficient (Wildman–Crippen LogP) is 7.13. The van der Waals surface area contributed by atoms with Gasteiger partial charge in [0.1, 0.15) is 22.9 Å². The minimum atomic E-state index is 0.677. The van der Waals surface area contributed by atoms with Crippen molar-refractivity contribution in [3.05, 3.63) is 103 Å². The van der Waals surface area contributed by atoms with E-state index >= 15 is 0 Å². The molecule has 5 rings (SSSR count). The highest BCUT2D eigenvalue weighted by molar-refractivity contribution is 5.79. The van der Waals surface area contributed by atoms with Gasteiger partial charge >= 0.3 is 0 Å². The second-order valence-electron chi connectivity index (χ2n) is 7.65. The summed E-state index contributed by atoms with van der Waals surface area (Å²) in [5.41, 5.74) is 6.58. The molecule has 0 aliphatic heterocycles. The summed E-state index contributed by atoms with van der Waals surface area (Å²) in [4.78, 5) is 4.80. The first-order chi connectivity index (χ1) is 16.2. The van der Waals surface area contributed by atoms with Crippen LogP contribution in [0.4, 0.5) is 11.5 Å². The van der Waals surface area contributed by atoms with Crippen molar-refractivity contribution in [1.82, 2.24) is 10.1 Å². The Labute approximate surface area is 192 Å². The summed E-state index contributed by atoms with van der Waals surface area (Å²) in [7, 11) is 1.66. The first-order valence-corrected chi connectivity index (χ1v) is 10.7. The summed E-state index contributed by atoms with van der Waals surface area (Å²) in [6.07, 6.45) is 0. The van der Waals surface area contributed by atoms with Crippen LogP contribution >= 0.6 is 0 Å². The first-order valence-electron chi connectivity index (χ1n) is 10.7. The maximum Gasteiger partial charge on any atom is 0.190 e. The average Bonchev–Trinajstić information content (AvgIpc) is 3.24. The third-order valence-electron chi connectivity index (χ3n) is 5.50. The number of anilines is 2. The topological polar surface area (TPSA) is 60.2 Å². The number of benzene rings is 3. The van der Waals surface area contributed by atoms with E-state index in [9.17, 15) is 0 Å². The molecule has 33 heavy (non-hydrogen) atoms. The lowest BCUT2D eigenvalue weighted by Crippen LogP contribution is -1.97. The molecule has 0 aliphatic carbocycles. The third kappa shape index (κ3) is 4.21. The van der Waals surface area contributed by atoms with E-state index in [1.165, 1.54) is 5.56 Å². The zero-order valence-corrected chi connectivity index (χ0v) is 18.4. The van der Waals surface area contributed by atoms with Crippen LogP contribution in [0.15, 0.2) is 102 Å². The van der Waals surface area contributed by atoms with E-state index in [1.807, 2.05) is 79.7 Å². The Balaban J connectivity index is 1.45. The van der Waals surface area contributed by atoms with Crippen LogP contribution in [0.3, 0.4) is 0 Å². The maximum atomic E-state index is 5.69. The number of hydrogen-bond acceptors (Lipinski definition) is 5. The van der Waals surface area contributed by atoms with Crippen LogP contribution in [0, 0.1) is 6.92 Å². The second kappa shape index (κ2) is 9.01. The molecule has 0 spiro atoms. The molecule has 5 aromatic rings. The van der Waals surface area contributed by atoms with Crippen LogP contribution in [0.2, 0.25) is 0 Å². The second-order valence-corrected chi connectivity index (χ2v) is 7.65. The number of para-hydroxylation sites is 1. The fraction of sp³-hybridized carbons (Fsp3) is 0.0714. The number of methoxy groups -OCH3 is 1. The highest BCUT2D eigenvalue weighted by atomic mass is 16.5. The largest absolute Gasteiger partial charge is 0.496 e. The van der Waals surface area contributed by atoms with E-state index in [2.05, 4.69) is 34.7 Å². The molecule has 162 valence electrons. The van der Waals surface area contributed by atoms with Crippen molar-refractivity contribution in [1.29, 1.82) is 0 Å². The standard InChI is InChI=1S/C28H23N3O2/c1-19-27(30-26-14-8-12-24(29-26)23-11-6-7-13-25(23)32-2)28(33-31-19)22-17-15-21(16-18-22)20-9-4-3-5-10-20/h3-18H,1-2H3,(H,29,30). The van der Waals surface area contributed by atoms with Gasteiger partial charge in [0.2, 0.25) is 0 Å². The fourth-order valence-corrected chi connectivity index (χ4v) is 3.80. The van der Waals surface area contributed by atoms with Crippen molar-refractivity contribution >= 4 is 11.5 Å². The molecule has 5 heteroatoms. The molecular formula is C28H23N3O2. The molecule has 5 nitrogen and oxygen atoms in total. The lowest BCUT2D eigenvalue weighted by atomic mass is 10.0. The molecule has 0 radical (unpaired) electrons. The van der Waals surface area contributed by atoms with E-state index in [0.717, 1.165) is 39.5 Å². The average molecular weight is 434 g/mol. The number of rotatable bonds is 6. The van der Waals surface area contributed by atoms with Crippen molar-refractivity contribution in [2.45, 2.75) is 6.92 Å². The van der Waals surface area contributed by atoms with Gasteiger partial charge in [0.15, 0.2) is 5.76 Å². The number of nitrogens with one attached hydrogen (secondary N) is 1. The van der Waals surface area contributed by atoms with Crippen LogP contribution < -0.4 is 10.1 Å². The lowest BCUT2D eigenvalue weighted by Gasteiger charge is -2.11. The summed E-state index contributed by atoms with van der Waals surface area (Å²) in [5.74, 6) is 2.16. The Morgan fingerprint density at radius 2 is 1.42 bits per heavy atom. The van der Waals surface area contributed by atoms with Crippen LogP contribution in [0.1, 0.15) is 5.69 Å². The fourth-order valence-electron chi connectivity index (χ4n) is 3.80. The van der Waals surface area contributed by atoms with Gasteiger partial charge in [-0.2, -0.15) is 0 Å². The Bertz CT molecular complexity index is 1380. The van der Waals surface area contributed by atoms with Gasteiger partial charge in [0, 0.05) is 11.1 Å². The monoisotopic (exact) mass is 433 g/mol. The Hall–Kier alpha value is -4.38. The van der Waals surface area contributed by atoms with Crippen LogP contribution in [-0.4, -0.2) is 17.3 Å². The van der Waals surface area contributed by atoms with E-state index in [4.69, 9.17) is 14.2 Å². The van der Waals surface area contributed by atoms with E-state index in [1.54, 1.807) is 7.11 Å². The molecule has 0 amide bonds. The zero-order valence-electron chi connectivity index (χ0n) is 18.4. The number of pyridine rings is 1. The van der Waals surface area contributed by atoms with Crippen LogP contribution in [0.5, 0.6) is 5.75 Å². The van der Waals surface area contributed by atoms with Gasteiger partial charge in [-0.25, -0.2) is 4.98 Å². The van der Waals surface area contributed by atoms with Crippen molar-refractivity contribution in [2.75, 3.05) is 12.4 Å². The SMILES string of the molecule is COc1ccccc1-c1cccc(Nc2c(C)noc2-c2ccc(-c3ccccc3)cc2)n1. The minimum absolute atomic E-state index is 0.677.